The topological polar surface area (TPSA) is 58.3 Å². The molecule has 2 aliphatic heterocycles. The van der Waals surface area contributed by atoms with Crippen LogP contribution in [0, 0.1) is 18.8 Å². The van der Waals surface area contributed by atoms with E-state index >= 15 is 0 Å². The normalized spacial score (nSPS) is 24.1. The molecule has 25 heavy (non-hydrogen) atoms. The fourth-order valence-electron chi connectivity index (χ4n) is 4.05. The maximum absolute atomic E-state index is 5.18. The first-order valence-electron chi connectivity index (χ1n) is 9.10. The van der Waals surface area contributed by atoms with Crippen LogP contribution in [0.25, 0.3) is 0 Å². The Hall–Kier alpha value is -1.95. The molecule has 0 saturated carbocycles. The van der Waals surface area contributed by atoms with Crippen molar-refractivity contribution in [2.75, 3.05) is 31.1 Å². The van der Waals surface area contributed by atoms with Gasteiger partial charge in [-0.05, 0) is 18.8 Å². The number of aryl methyl sites for hydroxylation is 1. The van der Waals surface area contributed by atoms with E-state index in [1.807, 2.05) is 13.1 Å². The van der Waals surface area contributed by atoms with Crippen LogP contribution >= 0.6 is 0 Å². The van der Waals surface area contributed by atoms with E-state index in [4.69, 9.17) is 4.52 Å². The summed E-state index contributed by atoms with van der Waals surface area (Å²) in [5.41, 5.74) is 2.38. The first kappa shape index (κ1) is 16.5. The lowest BCUT2D eigenvalue weighted by Gasteiger charge is -2.24. The highest BCUT2D eigenvalue weighted by molar-refractivity contribution is 5.42. The lowest BCUT2D eigenvalue weighted by molar-refractivity contribution is 0.305. The predicted molar refractivity (Wildman–Crippen MR) is 96.4 cm³/mol. The summed E-state index contributed by atoms with van der Waals surface area (Å²) in [6.07, 6.45) is 3.57. The average Bonchev–Trinajstić information content (AvgIpc) is 3.22. The van der Waals surface area contributed by atoms with Gasteiger partial charge >= 0.3 is 0 Å². The van der Waals surface area contributed by atoms with Gasteiger partial charge < -0.3 is 9.42 Å². The third-order valence-corrected chi connectivity index (χ3v) is 5.55. The molecule has 4 rings (SSSR count). The number of nitrogens with zero attached hydrogens (tertiary/aromatic N) is 5. The van der Waals surface area contributed by atoms with Gasteiger partial charge in [0.1, 0.15) is 17.9 Å². The van der Waals surface area contributed by atoms with E-state index < -0.39 is 0 Å². The zero-order valence-electron chi connectivity index (χ0n) is 15.6. The monoisotopic (exact) mass is 341 g/mol. The Morgan fingerprint density at radius 3 is 2.44 bits per heavy atom. The zero-order chi connectivity index (χ0) is 17.6. The molecule has 2 aromatic rings. The smallest absolute Gasteiger partial charge is 0.138 e. The summed E-state index contributed by atoms with van der Waals surface area (Å²) in [7, 11) is 0. The molecular weight excluding hydrogens is 314 g/mol. The first-order valence-corrected chi connectivity index (χ1v) is 9.10. The minimum Gasteiger partial charge on any atom is -0.361 e. The van der Waals surface area contributed by atoms with E-state index in [0.29, 0.717) is 11.8 Å². The summed E-state index contributed by atoms with van der Waals surface area (Å²) >= 11 is 0. The van der Waals surface area contributed by atoms with Crippen molar-refractivity contribution in [3.8, 4) is 0 Å². The van der Waals surface area contributed by atoms with Crippen molar-refractivity contribution in [1.29, 1.82) is 0 Å². The lowest BCUT2D eigenvalue weighted by atomic mass is 9.92. The third kappa shape index (κ3) is 3.27. The van der Waals surface area contributed by atoms with Gasteiger partial charge in [-0.15, -0.1) is 0 Å². The Balaban J connectivity index is 1.40. The molecule has 134 valence electrons. The summed E-state index contributed by atoms with van der Waals surface area (Å²) in [5, 5.41) is 3.89. The molecule has 0 spiro atoms. The molecular formula is C19H27N5O. The Bertz CT molecular complexity index is 736. The average molecular weight is 341 g/mol. The van der Waals surface area contributed by atoms with Crippen LogP contribution in [-0.2, 0) is 12.0 Å². The Kier molecular flexibility index (Phi) is 4.02. The van der Waals surface area contributed by atoms with E-state index in [-0.39, 0.29) is 5.41 Å². The number of anilines is 1. The van der Waals surface area contributed by atoms with Crippen molar-refractivity contribution >= 4 is 5.82 Å². The molecule has 0 amide bonds. The van der Waals surface area contributed by atoms with Gasteiger partial charge in [0.25, 0.3) is 0 Å². The van der Waals surface area contributed by atoms with Gasteiger partial charge in [0.15, 0.2) is 0 Å². The van der Waals surface area contributed by atoms with E-state index in [0.717, 1.165) is 50.0 Å². The number of fused-ring (bicyclic) bond motifs is 1. The van der Waals surface area contributed by atoms with Crippen LogP contribution in [0.3, 0.4) is 0 Å². The molecule has 0 aromatic carbocycles. The van der Waals surface area contributed by atoms with Gasteiger partial charge in [-0.3, -0.25) is 4.90 Å². The van der Waals surface area contributed by atoms with Crippen molar-refractivity contribution in [2.45, 2.75) is 39.7 Å². The molecule has 2 unspecified atom stereocenters. The highest BCUT2D eigenvalue weighted by Crippen LogP contribution is 2.34. The van der Waals surface area contributed by atoms with Crippen molar-refractivity contribution in [1.82, 2.24) is 20.0 Å². The number of hydrogen-bond acceptors (Lipinski definition) is 6. The summed E-state index contributed by atoms with van der Waals surface area (Å²) in [5.74, 6) is 3.45. The van der Waals surface area contributed by atoms with Crippen LogP contribution in [0.4, 0.5) is 5.82 Å². The van der Waals surface area contributed by atoms with Crippen molar-refractivity contribution in [3.63, 3.8) is 0 Å². The van der Waals surface area contributed by atoms with E-state index in [2.05, 4.69) is 51.8 Å². The summed E-state index contributed by atoms with van der Waals surface area (Å²) in [6, 6.07) is 2.17. The molecule has 0 bridgehead atoms. The molecule has 2 aromatic heterocycles. The number of aromatic nitrogens is 3. The molecule has 6 heteroatoms. The second kappa shape index (κ2) is 6.09. The van der Waals surface area contributed by atoms with Gasteiger partial charge in [-0.2, -0.15) is 0 Å². The second-order valence-corrected chi connectivity index (χ2v) is 8.54. The Morgan fingerprint density at radius 1 is 1.12 bits per heavy atom. The van der Waals surface area contributed by atoms with Crippen LogP contribution < -0.4 is 4.90 Å². The molecule has 0 radical (unpaired) electrons. The van der Waals surface area contributed by atoms with Crippen molar-refractivity contribution in [2.24, 2.45) is 11.8 Å². The lowest BCUT2D eigenvalue weighted by Crippen LogP contribution is -2.29. The maximum atomic E-state index is 5.18. The molecule has 2 aliphatic rings. The summed E-state index contributed by atoms with van der Waals surface area (Å²) in [4.78, 5) is 14.0. The Labute approximate surface area is 149 Å². The number of hydrogen-bond donors (Lipinski definition) is 0. The fourth-order valence-corrected chi connectivity index (χ4v) is 4.05. The fraction of sp³-hybridized carbons (Fsp3) is 0.632. The summed E-state index contributed by atoms with van der Waals surface area (Å²) < 4.78 is 5.18. The van der Waals surface area contributed by atoms with Crippen LogP contribution in [0.2, 0.25) is 0 Å². The van der Waals surface area contributed by atoms with Crippen molar-refractivity contribution < 1.29 is 4.52 Å². The van der Waals surface area contributed by atoms with Crippen LogP contribution in [0.15, 0.2) is 23.1 Å². The molecule has 0 aliphatic carbocycles. The molecule has 6 nitrogen and oxygen atoms in total. The highest BCUT2D eigenvalue weighted by Gasteiger charge is 2.40. The van der Waals surface area contributed by atoms with E-state index in [9.17, 15) is 0 Å². The number of likely N-dealkylation sites (tertiary alicyclic amines) is 1. The Morgan fingerprint density at radius 2 is 1.84 bits per heavy atom. The first-order chi connectivity index (χ1) is 11.9. The molecule has 2 atom stereocenters. The van der Waals surface area contributed by atoms with Crippen LogP contribution in [-0.4, -0.2) is 46.2 Å². The van der Waals surface area contributed by atoms with E-state index in [1.165, 1.54) is 5.56 Å². The molecule has 2 fully saturated rings. The molecule has 2 saturated heterocycles. The van der Waals surface area contributed by atoms with Crippen LogP contribution in [0.1, 0.15) is 37.8 Å². The van der Waals surface area contributed by atoms with Gasteiger partial charge in [-0.25, -0.2) is 9.97 Å². The molecule has 4 heterocycles. The SMILES string of the molecule is Cc1oncc1CN1CC2CN(c3cc(C(C)(C)C)ncn3)CC2C1. The van der Waals surface area contributed by atoms with Gasteiger partial charge in [0.05, 0.1) is 11.9 Å². The largest absolute Gasteiger partial charge is 0.361 e. The summed E-state index contributed by atoms with van der Waals surface area (Å²) in [6.45, 7) is 14.0. The van der Waals surface area contributed by atoms with Gasteiger partial charge in [0.2, 0.25) is 0 Å². The minimum absolute atomic E-state index is 0.0561. The second-order valence-electron chi connectivity index (χ2n) is 8.54. The van der Waals surface area contributed by atoms with Crippen molar-refractivity contribution in [3.05, 3.63) is 35.6 Å². The van der Waals surface area contributed by atoms with Crippen LogP contribution in [0.5, 0.6) is 0 Å². The predicted octanol–water partition coefficient (Wildman–Crippen LogP) is 2.64. The maximum Gasteiger partial charge on any atom is 0.138 e. The van der Waals surface area contributed by atoms with E-state index in [1.54, 1.807) is 6.33 Å². The number of rotatable bonds is 3. The quantitative estimate of drug-likeness (QED) is 0.855. The highest BCUT2D eigenvalue weighted by atomic mass is 16.5. The van der Waals surface area contributed by atoms with Gasteiger partial charge in [0, 0.05) is 49.8 Å². The zero-order valence-corrected chi connectivity index (χ0v) is 15.6. The minimum atomic E-state index is 0.0561. The standard InChI is InChI=1S/C19H27N5O/c1-13-14(6-22-25-13)7-23-8-15-10-24(11-16(15)9-23)18-5-17(19(2,3)4)20-12-21-18/h5-6,12,15-16H,7-11H2,1-4H3. The molecule has 0 N–H and O–H groups in total. The van der Waals surface area contributed by atoms with Gasteiger partial charge in [-0.1, -0.05) is 25.9 Å². The third-order valence-electron chi connectivity index (χ3n) is 5.55.